The zero-order valence-corrected chi connectivity index (χ0v) is 15.0. The maximum Gasteiger partial charge on any atom is 0.374 e. The summed E-state index contributed by atoms with van der Waals surface area (Å²) in [4.78, 5) is 34.7. The monoisotopic (exact) mass is 373 g/mol. The van der Waals surface area contributed by atoms with Crippen molar-refractivity contribution >= 4 is 23.5 Å². The number of fused-ring (bicyclic) bond motifs is 1. The Balaban J connectivity index is 1.50. The molecule has 1 aromatic heterocycles. The molecule has 1 aliphatic heterocycles. The van der Waals surface area contributed by atoms with E-state index < -0.39 is 11.9 Å². The first-order valence-electron chi connectivity index (χ1n) is 8.35. The van der Waals surface area contributed by atoms with Gasteiger partial charge in [-0.2, -0.15) is 0 Å². The Morgan fingerprint density at radius 1 is 1.22 bits per heavy atom. The average molecular weight is 373 g/mol. The van der Waals surface area contributed by atoms with E-state index in [1.165, 1.54) is 7.11 Å². The number of methoxy groups -OCH3 is 1. The number of benzene rings is 1. The maximum atomic E-state index is 11.9. The molecule has 0 spiro atoms. The first kappa shape index (κ1) is 18.5. The number of nitrogens with one attached hydrogen (secondary N) is 1. The third-order valence-electron chi connectivity index (χ3n) is 4.04. The fraction of sp³-hybridized carbons (Fsp3) is 0.316. The number of esters is 2. The van der Waals surface area contributed by atoms with E-state index >= 15 is 0 Å². The largest absolute Gasteiger partial charge is 0.482 e. The lowest BCUT2D eigenvalue weighted by atomic mass is 10.0. The molecule has 0 saturated carbocycles. The summed E-state index contributed by atoms with van der Waals surface area (Å²) < 4.78 is 20.5. The van der Waals surface area contributed by atoms with Gasteiger partial charge in [0, 0.05) is 17.7 Å². The van der Waals surface area contributed by atoms with Gasteiger partial charge < -0.3 is 23.9 Å². The van der Waals surface area contributed by atoms with Gasteiger partial charge in [0.2, 0.25) is 11.7 Å². The van der Waals surface area contributed by atoms with Crippen LogP contribution in [-0.4, -0.2) is 31.6 Å². The normalized spacial score (nSPS) is 12.7. The van der Waals surface area contributed by atoms with Crippen LogP contribution in [0.1, 0.15) is 33.9 Å². The molecule has 0 saturated heterocycles. The van der Waals surface area contributed by atoms with E-state index in [1.807, 2.05) is 0 Å². The molecule has 0 radical (unpaired) electrons. The lowest BCUT2D eigenvalue weighted by Crippen LogP contribution is -2.19. The molecule has 1 amide bonds. The highest BCUT2D eigenvalue weighted by atomic mass is 16.6. The fourth-order valence-corrected chi connectivity index (χ4v) is 2.70. The quantitative estimate of drug-likeness (QED) is 0.775. The summed E-state index contributed by atoms with van der Waals surface area (Å²) in [5.74, 6) is -0.231. The van der Waals surface area contributed by atoms with Crippen molar-refractivity contribution in [2.75, 3.05) is 19.0 Å². The van der Waals surface area contributed by atoms with Gasteiger partial charge >= 0.3 is 11.9 Å². The van der Waals surface area contributed by atoms with Crippen LogP contribution in [-0.2, 0) is 32.1 Å². The predicted molar refractivity (Wildman–Crippen MR) is 93.5 cm³/mol. The van der Waals surface area contributed by atoms with Gasteiger partial charge in [0.15, 0.2) is 6.61 Å². The Bertz CT molecular complexity index is 884. The van der Waals surface area contributed by atoms with E-state index in [1.54, 1.807) is 31.2 Å². The third kappa shape index (κ3) is 4.46. The van der Waals surface area contributed by atoms with E-state index in [0.717, 1.165) is 11.3 Å². The Labute approximate surface area is 155 Å². The van der Waals surface area contributed by atoms with Crippen LogP contribution in [0.15, 0.2) is 28.7 Å². The molecule has 1 N–H and O–H groups in total. The Hall–Kier alpha value is -3.29. The smallest absolute Gasteiger partial charge is 0.374 e. The molecule has 0 aliphatic carbocycles. The molecule has 0 unspecified atom stereocenters. The molecule has 1 aliphatic rings. The number of amides is 1. The van der Waals surface area contributed by atoms with Crippen LogP contribution in [0.3, 0.4) is 0 Å². The topological polar surface area (TPSA) is 104 Å². The van der Waals surface area contributed by atoms with Crippen molar-refractivity contribution in [1.82, 2.24) is 0 Å². The van der Waals surface area contributed by atoms with Crippen molar-refractivity contribution in [3.05, 3.63) is 46.9 Å². The van der Waals surface area contributed by atoms with Gasteiger partial charge in [-0.15, -0.1) is 0 Å². The summed E-state index contributed by atoms with van der Waals surface area (Å²) in [6.45, 7) is 1.31. The van der Waals surface area contributed by atoms with Crippen molar-refractivity contribution in [3.8, 4) is 5.75 Å². The highest BCUT2D eigenvalue weighted by Gasteiger charge is 2.18. The number of hydrogen-bond donors (Lipinski definition) is 1. The van der Waals surface area contributed by atoms with Crippen LogP contribution >= 0.6 is 0 Å². The number of carbonyl (C=O) groups is 3. The van der Waals surface area contributed by atoms with Crippen LogP contribution in [0.4, 0.5) is 5.69 Å². The summed E-state index contributed by atoms with van der Waals surface area (Å²) in [5, 5.41) is 2.78. The van der Waals surface area contributed by atoms with E-state index in [-0.39, 0.29) is 24.9 Å². The number of hydrogen-bond acceptors (Lipinski definition) is 7. The molecular formula is C19H19NO7. The van der Waals surface area contributed by atoms with Gasteiger partial charge in [-0.3, -0.25) is 4.79 Å². The third-order valence-corrected chi connectivity index (χ3v) is 4.04. The molecule has 0 atom stereocenters. The number of aryl methyl sites for hydroxylation is 2. The molecule has 8 heteroatoms. The van der Waals surface area contributed by atoms with E-state index in [2.05, 4.69) is 10.1 Å². The van der Waals surface area contributed by atoms with Crippen molar-refractivity contribution < 1.29 is 33.0 Å². The van der Waals surface area contributed by atoms with E-state index in [0.29, 0.717) is 29.9 Å². The summed E-state index contributed by atoms with van der Waals surface area (Å²) in [5.41, 5.74) is 2.32. The molecule has 2 heterocycles. The van der Waals surface area contributed by atoms with Crippen LogP contribution in [0.2, 0.25) is 0 Å². The molecule has 0 fully saturated rings. The van der Waals surface area contributed by atoms with Gasteiger partial charge in [-0.25, -0.2) is 9.59 Å². The lowest BCUT2D eigenvalue weighted by molar-refractivity contribution is -0.147. The number of furan rings is 1. The SMILES string of the molecule is COC(=O)c1oc(COC(=O)COc2ccc3c(c2)CCC(=O)N3)cc1C. The zero-order valence-electron chi connectivity index (χ0n) is 15.0. The number of ether oxygens (including phenoxy) is 3. The first-order chi connectivity index (χ1) is 13.0. The summed E-state index contributed by atoms with van der Waals surface area (Å²) in [6, 6.07) is 6.82. The number of anilines is 1. The molecule has 142 valence electrons. The molecule has 3 rings (SSSR count). The minimum Gasteiger partial charge on any atom is -0.482 e. The lowest BCUT2D eigenvalue weighted by Gasteiger charge is -2.17. The fourth-order valence-electron chi connectivity index (χ4n) is 2.70. The molecular weight excluding hydrogens is 354 g/mol. The Morgan fingerprint density at radius 2 is 2.04 bits per heavy atom. The van der Waals surface area contributed by atoms with Gasteiger partial charge in [0.1, 0.15) is 18.1 Å². The number of rotatable bonds is 6. The summed E-state index contributed by atoms with van der Waals surface area (Å²) in [7, 11) is 1.26. The minimum atomic E-state index is -0.586. The van der Waals surface area contributed by atoms with Gasteiger partial charge in [-0.1, -0.05) is 0 Å². The molecule has 0 bridgehead atoms. The average Bonchev–Trinajstić information content (AvgIpc) is 3.04. The van der Waals surface area contributed by atoms with E-state index in [9.17, 15) is 14.4 Å². The second-order valence-corrected chi connectivity index (χ2v) is 6.03. The van der Waals surface area contributed by atoms with Gasteiger partial charge in [0.25, 0.3) is 0 Å². The Morgan fingerprint density at radius 3 is 2.81 bits per heavy atom. The van der Waals surface area contributed by atoms with Crippen LogP contribution in [0.25, 0.3) is 0 Å². The van der Waals surface area contributed by atoms with Crippen LogP contribution in [0.5, 0.6) is 5.75 Å². The maximum absolute atomic E-state index is 11.9. The van der Waals surface area contributed by atoms with Gasteiger partial charge in [-0.05, 0) is 43.2 Å². The van der Waals surface area contributed by atoms with Crippen LogP contribution in [0, 0.1) is 6.92 Å². The second kappa shape index (κ2) is 7.94. The highest BCUT2D eigenvalue weighted by molar-refractivity contribution is 5.94. The van der Waals surface area contributed by atoms with Crippen molar-refractivity contribution in [2.24, 2.45) is 0 Å². The standard InChI is InChI=1S/C19H19NO7/c1-11-7-14(27-18(11)19(23)24-2)9-26-17(22)10-25-13-4-5-15-12(8-13)3-6-16(21)20-15/h4-5,7-8H,3,6,9-10H2,1-2H3,(H,20,21). The predicted octanol–water partition coefficient (Wildman–Crippen LogP) is 2.38. The second-order valence-electron chi connectivity index (χ2n) is 6.03. The highest BCUT2D eigenvalue weighted by Crippen LogP contribution is 2.26. The Kier molecular flexibility index (Phi) is 5.44. The molecule has 8 nitrogen and oxygen atoms in total. The summed E-state index contributed by atoms with van der Waals surface area (Å²) in [6.07, 6.45) is 1.05. The van der Waals surface area contributed by atoms with Crippen molar-refractivity contribution in [3.63, 3.8) is 0 Å². The van der Waals surface area contributed by atoms with Crippen molar-refractivity contribution in [1.29, 1.82) is 0 Å². The zero-order chi connectivity index (χ0) is 19.4. The molecule has 1 aromatic carbocycles. The minimum absolute atomic E-state index is 0.0109. The first-order valence-corrected chi connectivity index (χ1v) is 8.35. The summed E-state index contributed by atoms with van der Waals surface area (Å²) >= 11 is 0. The van der Waals surface area contributed by atoms with Crippen LogP contribution < -0.4 is 10.1 Å². The van der Waals surface area contributed by atoms with Crippen molar-refractivity contribution in [2.45, 2.75) is 26.4 Å². The molecule has 27 heavy (non-hydrogen) atoms. The van der Waals surface area contributed by atoms with E-state index in [4.69, 9.17) is 13.9 Å². The number of carbonyl (C=O) groups excluding carboxylic acids is 3. The molecule has 2 aromatic rings. The van der Waals surface area contributed by atoms with Gasteiger partial charge in [0.05, 0.1) is 7.11 Å².